The number of fused-ring (bicyclic) bond motifs is 1. The van der Waals surface area contributed by atoms with Crippen LogP contribution in [0.2, 0.25) is 5.02 Å². The highest BCUT2D eigenvalue weighted by atomic mass is 79.9. The minimum absolute atomic E-state index is 0.315. The van der Waals surface area contributed by atoms with E-state index < -0.39 is 11.9 Å². The Morgan fingerprint density at radius 1 is 1.11 bits per heavy atom. The van der Waals surface area contributed by atoms with Crippen LogP contribution in [0.5, 0.6) is 0 Å². The molecule has 4 rings (SSSR count). The largest absolute Gasteiger partial charge is 0.341 e. The molecule has 0 aromatic heterocycles. The van der Waals surface area contributed by atoms with Crippen LogP contribution in [0.25, 0.3) is 0 Å². The number of anilines is 1. The number of carbonyl (C=O) groups is 2. The quantitative estimate of drug-likeness (QED) is 0.556. The van der Waals surface area contributed by atoms with Crippen LogP contribution >= 0.6 is 27.5 Å². The standard InChI is InChI=1S/C21H13BrClFN2O2/c22-12-8-15-18(17(9-12)25-20(27)11-4-2-1-3-5-11)19(26-21(15)28)14-10-13(24)6-7-16(14)23/h1-10,19H,(H,25,27)(H,26,28). The van der Waals surface area contributed by atoms with Crippen LogP contribution < -0.4 is 10.6 Å². The Balaban J connectivity index is 1.81. The minimum Gasteiger partial charge on any atom is -0.341 e. The summed E-state index contributed by atoms with van der Waals surface area (Å²) >= 11 is 9.64. The van der Waals surface area contributed by atoms with E-state index in [1.54, 1.807) is 36.4 Å². The summed E-state index contributed by atoms with van der Waals surface area (Å²) in [5.74, 6) is -1.10. The molecule has 0 saturated carbocycles. The van der Waals surface area contributed by atoms with Crippen LogP contribution in [0.15, 0.2) is 65.1 Å². The summed E-state index contributed by atoms with van der Waals surface area (Å²) in [6.45, 7) is 0. The fourth-order valence-electron chi connectivity index (χ4n) is 3.25. The number of halogens is 3. The van der Waals surface area contributed by atoms with Crippen LogP contribution in [0.4, 0.5) is 10.1 Å². The first-order valence-electron chi connectivity index (χ1n) is 8.39. The molecule has 0 saturated heterocycles. The monoisotopic (exact) mass is 458 g/mol. The van der Waals surface area contributed by atoms with Crippen molar-refractivity contribution in [3.8, 4) is 0 Å². The van der Waals surface area contributed by atoms with Crippen molar-refractivity contribution in [2.24, 2.45) is 0 Å². The van der Waals surface area contributed by atoms with Crippen LogP contribution in [0.3, 0.4) is 0 Å². The van der Waals surface area contributed by atoms with Gasteiger partial charge in [0.05, 0.1) is 6.04 Å². The minimum atomic E-state index is -0.676. The van der Waals surface area contributed by atoms with Gasteiger partial charge < -0.3 is 10.6 Å². The van der Waals surface area contributed by atoms with Crippen molar-refractivity contribution in [1.82, 2.24) is 5.32 Å². The van der Waals surface area contributed by atoms with Gasteiger partial charge in [-0.05, 0) is 42.5 Å². The fraction of sp³-hybridized carbons (Fsp3) is 0.0476. The van der Waals surface area contributed by atoms with E-state index in [0.717, 1.165) is 0 Å². The molecule has 1 atom stereocenters. The SMILES string of the molecule is O=C(Nc1cc(Br)cc2c1C(c1cc(F)ccc1Cl)NC2=O)c1ccccc1. The molecule has 0 aliphatic carbocycles. The Labute approximate surface area is 173 Å². The number of nitrogens with one attached hydrogen (secondary N) is 2. The Hall–Kier alpha value is -2.70. The molecule has 2 amide bonds. The van der Waals surface area contributed by atoms with Crippen molar-refractivity contribution in [3.63, 3.8) is 0 Å². The molecule has 28 heavy (non-hydrogen) atoms. The third kappa shape index (κ3) is 3.41. The molecule has 3 aromatic carbocycles. The molecule has 2 N–H and O–H groups in total. The van der Waals surface area contributed by atoms with E-state index in [1.807, 2.05) is 6.07 Å². The van der Waals surface area contributed by atoms with E-state index >= 15 is 0 Å². The van der Waals surface area contributed by atoms with Gasteiger partial charge in [0, 0.05) is 37.4 Å². The zero-order chi connectivity index (χ0) is 19.8. The number of amides is 2. The predicted octanol–water partition coefficient (Wildman–Crippen LogP) is 5.33. The van der Waals surface area contributed by atoms with Crippen molar-refractivity contribution in [3.05, 3.63) is 98.2 Å². The molecule has 0 fully saturated rings. The zero-order valence-electron chi connectivity index (χ0n) is 14.3. The molecule has 1 aliphatic rings. The maximum atomic E-state index is 13.8. The van der Waals surface area contributed by atoms with Gasteiger partial charge in [-0.1, -0.05) is 45.7 Å². The van der Waals surface area contributed by atoms with Gasteiger partial charge >= 0.3 is 0 Å². The van der Waals surface area contributed by atoms with Crippen LogP contribution in [0.1, 0.15) is 37.9 Å². The first-order chi connectivity index (χ1) is 13.4. The van der Waals surface area contributed by atoms with Crippen molar-refractivity contribution in [2.75, 3.05) is 5.32 Å². The summed E-state index contributed by atoms with van der Waals surface area (Å²) < 4.78 is 14.5. The fourth-order valence-corrected chi connectivity index (χ4v) is 3.94. The van der Waals surface area contributed by atoms with Crippen LogP contribution in [0, 0.1) is 5.82 Å². The Kier molecular flexibility index (Phi) is 4.91. The summed E-state index contributed by atoms with van der Waals surface area (Å²) in [5, 5.41) is 6.00. The lowest BCUT2D eigenvalue weighted by Gasteiger charge is -2.18. The van der Waals surface area contributed by atoms with Crippen molar-refractivity contribution >= 4 is 45.0 Å². The average Bonchev–Trinajstić information content (AvgIpc) is 3.01. The van der Waals surface area contributed by atoms with Gasteiger partial charge in [-0.3, -0.25) is 9.59 Å². The summed E-state index contributed by atoms with van der Waals surface area (Å²) in [6.07, 6.45) is 0. The molecule has 0 radical (unpaired) electrons. The average molecular weight is 460 g/mol. The molecule has 0 bridgehead atoms. The lowest BCUT2D eigenvalue weighted by atomic mass is 9.96. The topological polar surface area (TPSA) is 58.2 Å². The predicted molar refractivity (Wildman–Crippen MR) is 109 cm³/mol. The van der Waals surface area contributed by atoms with E-state index in [4.69, 9.17) is 11.6 Å². The molecule has 3 aromatic rings. The third-order valence-corrected chi connectivity index (χ3v) is 5.31. The normalized spacial score (nSPS) is 15.1. The summed E-state index contributed by atoms with van der Waals surface area (Å²) in [6, 6.07) is 15.4. The first-order valence-corrected chi connectivity index (χ1v) is 9.57. The molecule has 1 heterocycles. The smallest absolute Gasteiger partial charge is 0.255 e. The summed E-state index contributed by atoms with van der Waals surface area (Å²) in [5.41, 5.74) is 2.29. The van der Waals surface area contributed by atoms with Crippen molar-refractivity contribution in [2.45, 2.75) is 6.04 Å². The molecule has 140 valence electrons. The van der Waals surface area contributed by atoms with Crippen LogP contribution in [-0.4, -0.2) is 11.8 Å². The number of hydrogen-bond acceptors (Lipinski definition) is 2. The number of hydrogen-bond donors (Lipinski definition) is 2. The number of benzene rings is 3. The van der Waals surface area contributed by atoms with Gasteiger partial charge in [-0.25, -0.2) is 4.39 Å². The van der Waals surface area contributed by atoms with Gasteiger partial charge in [-0.15, -0.1) is 0 Å². The molecule has 7 heteroatoms. The molecule has 0 spiro atoms. The van der Waals surface area contributed by atoms with E-state index in [0.29, 0.717) is 37.4 Å². The maximum Gasteiger partial charge on any atom is 0.255 e. The van der Waals surface area contributed by atoms with Gasteiger partial charge in [0.25, 0.3) is 11.8 Å². The Morgan fingerprint density at radius 3 is 2.61 bits per heavy atom. The number of rotatable bonds is 3. The number of carbonyl (C=O) groups excluding carboxylic acids is 2. The Morgan fingerprint density at radius 2 is 1.86 bits per heavy atom. The van der Waals surface area contributed by atoms with E-state index in [1.165, 1.54) is 18.2 Å². The zero-order valence-corrected chi connectivity index (χ0v) is 16.6. The molecular weight excluding hydrogens is 447 g/mol. The van der Waals surface area contributed by atoms with Gasteiger partial charge in [0.2, 0.25) is 0 Å². The molecular formula is C21H13BrClFN2O2. The van der Waals surface area contributed by atoms with Crippen molar-refractivity contribution in [1.29, 1.82) is 0 Å². The molecule has 4 nitrogen and oxygen atoms in total. The highest BCUT2D eigenvalue weighted by Gasteiger charge is 2.34. The van der Waals surface area contributed by atoms with Crippen molar-refractivity contribution < 1.29 is 14.0 Å². The highest BCUT2D eigenvalue weighted by molar-refractivity contribution is 9.10. The Bertz CT molecular complexity index is 1110. The first kappa shape index (κ1) is 18.7. The van der Waals surface area contributed by atoms with E-state index in [-0.39, 0.29) is 11.8 Å². The van der Waals surface area contributed by atoms with Gasteiger partial charge in [0.1, 0.15) is 5.82 Å². The second kappa shape index (κ2) is 7.37. The van der Waals surface area contributed by atoms with E-state index in [9.17, 15) is 14.0 Å². The van der Waals surface area contributed by atoms with E-state index in [2.05, 4.69) is 26.6 Å². The second-order valence-electron chi connectivity index (χ2n) is 6.31. The summed E-state index contributed by atoms with van der Waals surface area (Å²) in [4.78, 5) is 25.2. The molecule has 1 unspecified atom stereocenters. The maximum absolute atomic E-state index is 13.8. The van der Waals surface area contributed by atoms with Crippen LogP contribution in [-0.2, 0) is 0 Å². The summed E-state index contributed by atoms with van der Waals surface area (Å²) in [7, 11) is 0. The second-order valence-corrected chi connectivity index (χ2v) is 7.63. The third-order valence-electron chi connectivity index (χ3n) is 4.51. The lowest BCUT2D eigenvalue weighted by Crippen LogP contribution is -2.21. The lowest BCUT2D eigenvalue weighted by molar-refractivity contribution is 0.0959. The van der Waals surface area contributed by atoms with Gasteiger partial charge in [-0.2, -0.15) is 0 Å². The molecule has 1 aliphatic heterocycles. The van der Waals surface area contributed by atoms with Gasteiger partial charge in [0.15, 0.2) is 0 Å². The highest BCUT2D eigenvalue weighted by Crippen LogP contribution is 2.40.